The van der Waals surface area contributed by atoms with Crippen LogP contribution in [-0.4, -0.2) is 50.1 Å². The molecule has 0 aliphatic carbocycles. The Kier molecular flexibility index (Phi) is 5.48. The predicted molar refractivity (Wildman–Crippen MR) is 72.2 cm³/mol. The van der Waals surface area contributed by atoms with Crippen molar-refractivity contribution >= 4 is 27.3 Å². The summed E-state index contributed by atoms with van der Waals surface area (Å²) in [5, 5.41) is 8.84. The van der Waals surface area contributed by atoms with Crippen LogP contribution in [0.3, 0.4) is 0 Å². The molecule has 0 amide bonds. The molecule has 0 aliphatic rings. The van der Waals surface area contributed by atoms with E-state index in [1.807, 2.05) is 0 Å². The molecule has 1 aromatic heterocycles. The van der Waals surface area contributed by atoms with E-state index in [2.05, 4.69) is 0 Å². The van der Waals surface area contributed by atoms with E-state index in [-0.39, 0.29) is 28.3 Å². The first-order valence-electron chi connectivity index (χ1n) is 5.64. The third-order valence-corrected chi connectivity index (χ3v) is 6.06. The molecule has 8 heteroatoms. The first-order chi connectivity index (χ1) is 8.80. The molecule has 1 heterocycles. The number of rotatable bonds is 7. The summed E-state index contributed by atoms with van der Waals surface area (Å²) in [5.74, 6) is -1.13. The first-order valence-corrected chi connectivity index (χ1v) is 7.90. The standard InChI is InChI=1S/C11H17NO5S2/c1-8(2)12(6-7-17-3)19(15,16)10-5-4-9(18-10)11(13)14/h4-5,8H,6-7H2,1-3H3,(H,13,14). The lowest BCUT2D eigenvalue weighted by molar-refractivity contribution is 0.0702. The number of methoxy groups -OCH3 is 1. The maximum Gasteiger partial charge on any atom is 0.345 e. The van der Waals surface area contributed by atoms with Gasteiger partial charge >= 0.3 is 5.97 Å². The highest BCUT2D eigenvalue weighted by atomic mass is 32.2. The third kappa shape index (κ3) is 3.75. The maximum atomic E-state index is 12.4. The summed E-state index contributed by atoms with van der Waals surface area (Å²) in [5.41, 5.74) is 0. The number of hydrogen-bond donors (Lipinski definition) is 1. The fourth-order valence-corrected chi connectivity index (χ4v) is 4.42. The molecular formula is C11H17NO5S2. The second kappa shape index (κ2) is 6.47. The van der Waals surface area contributed by atoms with Gasteiger partial charge in [0.2, 0.25) is 0 Å². The van der Waals surface area contributed by atoms with Gasteiger partial charge in [-0.2, -0.15) is 4.31 Å². The third-order valence-electron chi connectivity index (χ3n) is 2.45. The van der Waals surface area contributed by atoms with Gasteiger partial charge in [0.15, 0.2) is 0 Å². The highest BCUT2D eigenvalue weighted by molar-refractivity contribution is 7.91. The van der Waals surface area contributed by atoms with Crippen molar-refractivity contribution in [2.45, 2.75) is 24.1 Å². The van der Waals surface area contributed by atoms with Gasteiger partial charge in [-0.05, 0) is 26.0 Å². The Balaban J connectivity index is 3.07. The molecule has 0 aromatic carbocycles. The highest BCUT2D eigenvalue weighted by Gasteiger charge is 2.28. The van der Waals surface area contributed by atoms with Gasteiger partial charge in [-0.3, -0.25) is 0 Å². The molecule has 108 valence electrons. The summed E-state index contributed by atoms with van der Waals surface area (Å²) in [7, 11) is -2.18. The van der Waals surface area contributed by atoms with E-state index in [9.17, 15) is 13.2 Å². The van der Waals surface area contributed by atoms with Crippen LogP contribution in [0.25, 0.3) is 0 Å². The summed E-state index contributed by atoms with van der Waals surface area (Å²) >= 11 is 0.757. The number of ether oxygens (including phenoxy) is 1. The molecule has 6 nitrogen and oxygen atoms in total. The van der Waals surface area contributed by atoms with Gasteiger partial charge < -0.3 is 9.84 Å². The Morgan fingerprint density at radius 1 is 1.47 bits per heavy atom. The van der Waals surface area contributed by atoms with Gasteiger partial charge in [0.25, 0.3) is 10.0 Å². The van der Waals surface area contributed by atoms with Crippen LogP contribution in [0, 0.1) is 0 Å². The number of carbonyl (C=O) groups is 1. The van der Waals surface area contributed by atoms with E-state index >= 15 is 0 Å². The van der Waals surface area contributed by atoms with E-state index in [1.54, 1.807) is 13.8 Å². The number of hydrogen-bond acceptors (Lipinski definition) is 5. The second-order valence-corrected chi connectivity index (χ2v) is 7.33. The quantitative estimate of drug-likeness (QED) is 0.825. The van der Waals surface area contributed by atoms with Gasteiger partial charge in [-0.1, -0.05) is 0 Å². The topological polar surface area (TPSA) is 83.9 Å². The molecule has 0 unspecified atom stereocenters. The van der Waals surface area contributed by atoms with Crippen LogP contribution < -0.4 is 0 Å². The van der Waals surface area contributed by atoms with Crippen LogP contribution in [0.5, 0.6) is 0 Å². The van der Waals surface area contributed by atoms with Crippen LogP contribution in [-0.2, 0) is 14.8 Å². The Labute approximate surface area is 116 Å². The average Bonchev–Trinajstić information content (AvgIpc) is 2.78. The zero-order chi connectivity index (χ0) is 14.6. The molecule has 0 atom stereocenters. The lowest BCUT2D eigenvalue weighted by Crippen LogP contribution is -2.38. The molecule has 1 N–H and O–H groups in total. The minimum Gasteiger partial charge on any atom is -0.477 e. The largest absolute Gasteiger partial charge is 0.477 e. The minimum atomic E-state index is -3.68. The molecule has 0 saturated carbocycles. The number of thiophene rings is 1. The van der Waals surface area contributed by atoms with Crippen LogP contribution >= 0.6 is 11.3 Å². The number of nitrogens with zero attached hydrogens (tertiary/aromatic N) is 1. The van der Waals surface area contributed by atoms with E-state index < -0.39 is 16.0 Å². The van der Waals surface area contributed by atoms with E-state index in [4.69, 9.17) is 9.84 Å². The van der Waals surface area contributed by atoms with Crippen LogP contribution in [0.4, 0.5) is 0 Å². The predicted octanol–water partition coefficient (Wildman–Crippen LogP) is 1.49. The van der Waals surface area contributed by atoms with E-state index in [0.717, 1.165) is 11.3 Å². The van der Waals surface area contributed by atoms with Gasteiger partial charge in [-0.15, -0.1) is 11.3 Å². The zero-order valence-electron chi connectivity index (χ0n) is 11.0. The maximum absolute atomic E-state index is 12.4. The van der Waals surface area contributed by atoms with Crippen LogP contribution in [0.1, 0.15) is 23.5 Å². The van der Waals surface area contributed by atoms with Crippen molar-refractivity contribution in [1.29, 1.82) is 0 Å². The van der Waals surface area contributed by atoms with Gasteiger partial charge in [0.1, 0.15) is 9.09 Å². The van der Waals surface area contributed by atoms with E-state index in [0.29, 0.717) is 0 Å². The average molecular weight is 307 g/mol. The zero-order valence-corrected chi connectivity index (χ0v) is 12.6. The van der Waals surface area contributed by atoms with Crippen molar-refractivity contribution in [3.8, 4) is 0 Å². The van der Waals surface area contributed by atoms with Gasteiger partial charge in [0.05, 0.1) is 6.61 Å². The SMILES string of the molecule is COCCN(C(C)C)S(=O)(=O)c1ccc(C(=O)O)s1. The monoisotopic (exact) mass is 307 g/mol. The van der Waals surface area contributed by atoms with Gasteiger partial charge in [-0.25, -0.2) is 13.2 Å². The molecule has 1 rings (SSSR count). The Morgan fingerprint density at radius 2 is 2.11 bits per heavy atom. The number of carboxylic acid groups (broad SMARTS) is 1. The molecule has 0 aliphatic heterocycles. The number of carboxylic acids is 1. The summed E-state index contributed by atoms with van der Waals surface area (Å²) in [6.07, 6.45) is 0. The molecular weight excluding hydrogens is 290 g/mol. The lowest BCUT2D eigenvalue weighted by Gasteiger charge is -2.24. The first kappa shape index (κ1) is 16.1. The fourth-order valence-electron chi connectivity index (χ4n) is 1.53. The van der Waals surface area contributed by atoms with Crippen LogP contribution in [0.2, 0.25) is 0 Å². The number of aromatic carboxylic acids is 1. The lowest BCUT2D eigenvalue weighted by atomic mass is 10.4. The highest BCUT2D eigenvalue weighted by Crippen LogP contribution is 2.26. The summed E-state index contributed by atoms with van der Waals surface area (Å²) in [4.78, 5) is 10.8. The van der Waals surface area contributed by atoms with Crippen molar-refractivity contribution in [3.63, 3.8) is 0 Å². The molecule has 0 spiro atoms. The van der Waals surface area contributed by atoms with Crippen molar-refractivity contribution in [1.82, 2.24) is 4.31 Å². The number of sulfonamides is 1. The summed E-state index contributed by atoms with van der Waals surface area (Å²) < 4.78 is 31.0. The summed E-state index contributed by atoms with van der Waals surface area (Å²) in [6, 6.07) is 2.40. The Hall–Kier alpha value is -0.960. The second-order valence-electron chi connectivity index (χ2n) is 4.13. The molecule has 0 radical (unpaired) electrons. The van der Waals surface area contributed by atoms with E-state index in [1.165, 1.54) is 23.5 Å². The normalized spacial score (nSPS) is 12.3. The molecule has 0 fully saturated rings. The minimum absolute atomic E-state index is 0.00835. The summed E-state index contributed by atoms with van der Waals surface area (Å²) in [6.45, 7) is 4.04. The van der Waals surface area contributed by atoms with Crippen molar-refractivity contribution in [3.05, 3.63) is 17.0 Å². The molecule has 19 heavy (non-hydrogen) atoms. The molecule has 0 saturated heterocycles. The fraction of sp³-hybridized carbons (Fsp3) is 0.545. The Bertz CT molecular complexity index is 535. The molecule has 1 aromatic rings. The van der Waals surface area contributed by atoms with Crippen molar-refractivity contribution in [2.24, 2.45) is 0 Å². The molecule has 0 bridgehead atoms. The smallest absolute Gasteiger partial charge is 0.345 e. The van der Waals surface area contributed by atoms with Crippen LogP contribution in [0.15, 0.2) is 16.3 Å². The van der Waals surface area contributed by atoms with Crippen molar-refractivity contribution in [2.75, 3.05) is 20.3 Å². The Morgan fingerprint density at radius 3 is 2.53 bits per heavy atom. The van der Waals surface area contributed by atoms with Crippen molar-refractivity contribution < 1.29 is 23.1 Å². The van der Waals surface area contributed by atoms with Gasteiger partial charge in [0, 0.05) is 19.7 Å².